The van der Waals surface area contributed by atoms with Crippen LogP contribution in [0.2, 0.25) is 0 Å². The summed E-state index contributed by atoms with van der Waals surface area (Å²) in [5.41, 5.74) is 2.69. The molecule has 1 aliphatic rings. The SMILES string of the molecule is CC(C)(O)[C@@]1(C)c2ccccc2CCN1Cc1ccccc1. The summed E-state index contributed by atoms with van der Waals surface area (Å²) in [4.78, 5) is 2.42. The van der Waals surface area contributed by atoms with E-state index in [4.69, 9.17) is 0 Å². The molecule has 2 aromatic carbocycles. The normalized spacial score (nSPS) is 22.4. The predicted octanol–water partition coefficient (Wildman–Crippen LogP) is 3.73. The second-order valence-corrected chi connectivity index (χ2v) is 6.95. The first-order valence-electron chi connectivity index (χ1n) is 8.02. The van der Waals surface area contributed by atoms with Gasteiger partial charge in [-0.1, -0.05) is 54.6 Å². The van der Waals surface area contributed by atoms with E-state index in [1.165, 1.54) is 16.7 Å². The smallest absolute Gasteiger partial charge is 0.0813 e. The summed E-state index contributed by atoms with van der Waals surface area (Å²) in [6.07, 6.45) is 1.04. The van der Waals surface area contributed by atoms with Crippen LogP contribution in [-0.4, -0.2) is 22.2 Å². The maximum atomic E-state index is 11.0. The van der Waals surface area contributed by atoms with Gasteiger partial charge in [0, 0.05) is 13.1 Å². The average Bonchev–Trinajstić information content (AvgIpc) is 2.50. The average molecular weight is 295 g/mol. The van der Waals surface area contributed by atoms with Gasteiger partial charge in [0.1, 0.15) is 0 Å². The first kappa shape index (κ1) is 15.3. The van der Waals surface area contributed by atoms with E-state index in [0.29, 0.717) is 0 Å². The van der Waals surface area contributed by atoms with Crippen LogP contribution >= 0.6 is 0 Å². The Balaban J connectivity index is 2.04. The summed E-state index contributed by atoms with van der Waals surface area (Å²) in [6.45, 7) is 7.84. The van der Waals surface area contributed by atoms with E-state index in [1.807, 2.05) is 19.9 Å². The third-order valence-electron chi connectivity index (χ3n) is 5.23. The maximum absolute atomic E-state index is 11.0. The van der Waals surface area contributed by atoms with Crippen LogP contribution in [0.1, 0.15) is 37.5 Å². The molecular weight excluding hydrogens is 270 g/mol. The van der Waals surface area contributed by atoms with E-state index in [0.717, 1.165) is 19.5 Å². The third kappa shape index (κ3) is 2.47. The second-order valence-electron chi connectivity index (χ2n) is 6.95. The zero-order valence-electron chi connectivity index (χ0n) is 13.7. The van der Waals surface area contributed by atoms with Crippen molar-refractivity contribution in [1.29, 1.82) is 0 Å². The van der Waals surface area contributed by atoms with Crippen LogP contribution in [0.15, 0.2) is 54.6 Å². The van der Waals surface area contributed by atoms with Crippen molar-refractivity contribution >= 4 is 0 Å². The Morgan fingerprint density at radius 1 is 1.05 bits per heavy atom. The molecule has 0 fully saturated rings. The summed E-state index contributed by atoms with van der Waals surface area (Å²) in [5.74, 6) is 0. The van der Waals surface area contributed by atoms with Gasteiger partial charge in [-0.2, -0.15) is 0 Å². The lowest BCUT2D eigenvalue weighted by Gasteiger charge is -2.52. The lowest BCUT2D eigenvalue weighted by Crippen LogP contribution is -2.59. The highest BCUT2D eigenvalue weighted by molar-refractivity contribution is 5.38. The van der Waals surface area contributed by atoms with Gasteiger partial charge in [-0.05, 0) is 43.9 Å². The molecule has 0 spiro atoms. The number of nitrogens with zero attached hydrogens (tertiary/aromatic N) is 1. The van der Waals surface area contributed by atoms with Crippen LogP contribution in [0.25, 0.3) is 0 Å². The molecule has 0 radical (unpaired) electrons. The highest BCUT2D eigenvalue weighted by Gasteiger charge is 2.48. The van der Waals surface area contributed by atoms with E-state index in [9.17, 15) is 5.11 Å². The molecule has 0 saturated carbocycles. The zero-order valence-corrected chi connectivity index (χ0v) is 13.7. The van der Waals surface area contributed by atoms with Gasteiger partial charge in [-0.25, -0.2) is 0 Å². The van der Waals surface area contributed by atoms with Gasteiger partial charge in [0.05, 0.1) is 11.1 Å². The van der Waals surface area contributed by atoms with Crippen molar-refractivity contribution in [2.75, 3.05) is 6.54 Å². The molecule has 2 aromatic rings. The van der Waals surface area contributed by atoms with Crippen molar-refractivity contribution in [2.45, 2.75) is 44.9 Å². The zero-order chi connectivity index (χ0) is 15.8. The molecule has 2 heteroatoms. The Bertz CT molecular complexity index is 644. The quantitative estimate of drug-likeness (QED) is 0.932. The molecule has 1 heterocycles. The van der Waals surface area contributed by atoms with E-state index in [2.05, 4.69) is 60.4 Å². The monoisotopic (exact) mass is 295 g/mol. The lowest BCUT2D eigenvalue weighted by molar-refractivity contribution is -0.0967. The van der Waals surface area contributed by atoms with Crippen LogP contribution < -0.4 is 0 Å². The molecule has 22 heavy (non-hydrogen) atoms. The van der Waals surface area contributed by atoms with Crippen LogP contribution in [0.5, 0.6) is 0 Å². The fourth-order valence-electron chi connectivity index (χ4n) is 3.62. The molecular formula is C20H25NO. The molecule has 0 aromatic heterocycles. The Hall–Kier alpha value is -1.64. The van der Waals surface area contributed by atoms with Gasteiger partial charge in [0.2, 0.25) is 0 Å². The van der Waals surface area contributed by atoms with E-state index >= 15 is 0 Å². The van der Waals surface area contributed by atoms with Gasteiger partial charge in [-0.3, -0.25) is 4.90 Å². The molecule has 1 aliphatic heterocycles. The second kappa shape index (κ2) is 5.53. The third-order valence-corrected chi connectivity index (χ3v) is 5.23. The maximum Gasteiger partial charge on any atom is 0.0813 e. The molecule has 116 valence electrons. The molecule has 1 atom stereocenters. The molecule has 0 bridgehead atoms. The summed E-state index contributed by atoms with van der Waals surface area (Å²) < 4.78 is 0. The summed E-state index contributed by atoms with van der Waals surface area (Å²) >= 11 is 0. The molecule has 0 unspecified atom stereocenters. The summed E-state index contributed by atoms with van der Waals surface area (Å²) in [5, 5.41) is 11.0. The lowest BCUT2D eigenvalue weighted by atomic mass is 9.72. The number of hydrogen-bond acceptors (Lipinski definition) is 2. The Kier molecular flexibility index (Phi) is 3.84. The van der Waals surface area contributed by atoms with Crippen LogP contribution in [0.4, 0.5) is 0 Å². The first-order chi connectivity index (χ1) is 10.4. The van der Waals surface area contributed by atoms with E-state index in [1.54, 1.807) is 0 Å². The van der Waals surface area contributed by atoms with Crippen molar-refractivity contribution in [3.8, 4) is 0 Å². The Labute approximate surface area is 133 Å². The highest BCUT2D eigenvalue weighted by Crippen LogP contribution is 2.43. The minimum absolute atomic E-state index is 0.391. The number of benzene rings is 2. The fraction of sp³-hybridized carbons (Fsp3) is 0.400. The van der Waals surface area contributed by atoms with Crippen molar-refractivity contribution in [3.05, 3.63) is 71.3 Å². The van der Waals surface area contributed by atoms with Gasteiger partial charge in [-0.15, -0.1) is 0 Å². The van der Waals surface area contributed by atoms with Gasteiger partial charge >= 0.3 is 0 Å². The standard InChI is InChI=1S/C20H25NO/c1-19(2,22)20(3)18-12-8-7-11-17(18)13-14-21(20)15-16-9-5-4-6-10-16/h4-12,22H,13-15H2,1-3H3/t20-/m1/s1. The number of hydrogen-bond donors (Lipinski definition) is 1. The summed E-state index contributed by atoms with van der Waals surface area (Å²) in [6, 6.07) is 19.1. The fourth-order valence-corrected chi connectivity index (χ4v) is 3.62. The highest BCUT2D eigenvalue weighted by atomic mass is 16.3. The van der Waals surface area contributed by atoms with Crippen molar-refractivity contribution in [3.63, 3.8) is 0 Å². The minimum atomic E-state index is -0.821. The Morgan fingerprint density at radius 2 is 1.68 bits per heavy atom. The number of aliphatic hydroxyl groups is 1. The molecule has 2 nitrogen and oxygen atoms in total. The Morgan fingerprint density at radius 3 is 2.36 bits per heavy atom. The largest absolute Gasteiger partial charge is 0.388 e. The summed E-state index contributed by atoms with van der Waals surface area (Å²) in [7, 11) is 0. The number of rotatable bonds is 3. The van der Waals surface area contributed by atoms with Crippen LogP contribution in [0, 0.1) is 0 Å². The van der Waals surface area contributed by atoms with Crippen LogP contribution in [0.3, 0.4) is 0 Å². The van der Waals surface area contributed by atoms with Gasteiger partial charge < -0.3 is 5.11 Å². The van der Waals surface area contributed by atoms with E-state index < -0.39 is 11.1 Å². The predicted molar refractivity (Wildman–Crippen MR) is 90.6 cm³/mol. The molecule has 0 saturated heterocycles. The van der Waals surface area contributed by atoms with Crippen molar-refractivity contribution in [2.24, 2.45) is 0 Å². The topological polar surface area (TPSA) is 23.5 Å². The van der Waals surface area contributed by atoms with Crippen molar-refractivity contribution in [1.82, 2.24) is 4.90 Å². The molecule has 3 rings (SSSR count). The van der Waals surface area contributed by atoms with Crippen molar-refractivity contribution < 1.29 is 5.11 Å². The van der Waals surface area contributed by atoms with E-state index in [-0.39, 0.29) is 0 Å². The number of fused-ring (bicyclic) bond motifs is 1. The van der Waals surface area contributed by atoms with Crippen LogP contribution in [-0.2, 0) is 18.5 Å². The molecule has 1 N–H and O–H groups in total. The van der Waals surface area contributed by atoms with Gasteiger partial charge in [0.15, 0.2) is 0 Å². The minimum Gasteiger partial charge on any atom is -0.388 e. The molecule has 0 amide bonds. The van der Waals surface area contributed by atoms with Gasteiger partial charge in [0.25, 0.3) is 0 Å². The molecule has 0 aliphatic carbocycles. The first-order valence-corrected chi connectivity index (χ1v) is 8.02.